The maximum atomic E-state index is 12.5. The topological polar surface area (TPSA) is 26.3 Å². The monoisotopic (exact) mass is 310 g/mol. The fourth-order valence-corrected chi connectivity index (χ4v) is 1.30. The molecule has 0 bridgehead atoms. The van der Waals surface area contributed by atoms with Gasteiger partial charge in [-0.2, -0.15) is 13.2 Å². The predicted molar refractivity (Wildman–Crippen MR) is 51.5 cm³/mol. The Morgan fingerprint density at radius 1 is 1.21 bits per heavy atom. The summed E-state index contributed by atoms with van der Waals surface area (Å²) in [6.45, 7) is -5.60. The van der Waals surface area contributed by atoms with Crippen molar-refractivity contribution < 1.29 is 87.0 Å². The van der Waals surface area contributed by atoms with Crippen molar-refractivity contribution in [3.8, 4) is 0 Å². The number of esters is 1. The molecular weight excluding hydrogens is 304 g/mol. The van der Waals surface area contributed by atoms with Crippen molar-refractivity contribution in [2.75, 3.05) is 7.11 Å². The van der Waals surface area contributed by atoms with E-state index in [1.165, 1.54) is 0 Å². The van der Waals surface area contributed by atoms with Gasteiger partial charge < -0.3 is 17.7 Å². The van der Waals surface area contributed by atoms with E-state index in [9.17, 15) is 30.9 Å². The van der Waals surface area contributed by atoms with Gasteiger partial charge in [0.25, 0.3) is 0 Å². The van der Waals surface area contributed by atoms with Crippen molar-refractivity contribution >= 4 is 18.4 Å². The van der Waals surface area contributed by atoms with E-state index in [1.807, 2.05) is 0 Å². The number of hydrogen-bond acceptors (Lipinski definition) is 2. The molecule has 2 nitrogen and oxygen atoms in total. The summed E-state index contributed by atoms with van der Waals surface area (Å²) >= 11 is 0. The van der Waals surface area contributed by atoms with Gasteiger partial charge in [0.2, 0.25) is 0 Å². The molecule has 1 aromatic rings. The predicted octanol–water partition coefficient (Wildman–Crippen LogP) is -0.450. The molecule has 0 aliphatic heterocycles. The fraction of sp³-hybridized carbons (Fsp3) is 0.222. The molecule has 1 aromatic carbocycles. The van der Waals surface area contributed by atoms with Crippen molar-refractivity contribution in [3.05, 3.63) is 29.3 Å². The number of rotatable bonds is 2. The second-order valence-electron chi connectivity index (χ2n) is 3.37. The van der Waals surface area contributed by atoms with Crippen LogP contribution in [0, 0.1) is 0 Å². The minimum Gasteiger partial charge on any atom is -0.465 e. The summed E-state index contributed by atoms with van der Waals surface area (Å²) in [6.07, 6.45) is -4.83. The first kappa shape index (κ1) is 19.0. The average molecular weight is 310 g/mol. The van der Waals surface area contributed by atoms with Crippen LogP contribution in [0.4, 0.5) is 26.1 Å². The summed E-state index contributed by atoms with van der Waals surface area (Å²) in [7, 11) is 0.787. The molecule has 0 unspecified atom stereocenters. The summed E-state index contributed by atoms with van der Waals surface area (Å²) in [5, 5.41) is 0. The summed E-state index contributed by atoms with van der Waals surface area (Å²) in [4.78, 5) is 11.1. The first-order valence-corrected chi connectivity index (χ1v) is 4.56. The van der Waals surface area contributed by atoms with Crippen LogP contribution in [0.3, 0.4) is 0 Å². The van der Waals surface area contributed by atoms with E-state index in [2.05, 4.69) is 4.74 Å². The minimum atomic E-state index is -5.60. The van der Waals surface area contributed by atoms with Crippen molar-refractivity contribution in [2.24, 2.45) is 0 Å². The van der Waals surface area contributed by atoms with Gasteiger partial charge in [0.15, 0.2) is 0 Å². The number of benzene rings is 1. The number of ether oxygens (including phenoxy) is 1. The zero-order chi connectivity index (χ0) is 14.1. The molecule has 0 heterocycles. The van der Waals surface area contributed by atoms with Crippen LogP contribution in [0.5, 0.6) is 0 Å². The van der Waals surface area contributed by atoms with Gasteiger partial charge in [-0.05, 0) is 6.07 Å². The summed E-state index contributed by atoms with van der Waals surface area (Å²) in [6, 6.07) is 0.641. The van der Waals surface area contributed by atoms with Crippen molar-refractivity contribution in [1.29, 1.82) is 0 Å². The zero-order valence-electron chi connectivity index (χ0n) is 9.89. The van der Waals surface area contributed by atoms with Gasteiger partial charge in [0.1, 0.15) is 0 Å². The maximum Gasteiger partial charge on any atom is 1.00 e. The van der Waals surface area contributed by atoms with Crippen LogP contribution in [-0.4, -0.2) is 20.1 Å². The van der Waals surface area contributed by atoms with Crippen LogP contribution >= 0.6 is 0 Å². The maximum absolute atomic E-state index is 12.5. The molecule has 0 aromatic heterocycles. The summed E-state index contributed by atoms with van der Waals surface area (Å²) in [5.74, 6) is -1.46. The molecule has 19 heavy (non-hydrogen) atoms. The second-order valence-corrected chi connectivity index (χ2v) is 3.37. The van der Waals surface area contributed by atoms with Crippen LogP contribution in [0.1, 0.15) is 15.9 Å². The molecule has 10 heteroatoms. The van der Waals surface area contributed by atoms with E-state index in [1.54, 1.807) is 0 Å². The molecule has 0 amide bonds. The average Bonchev–Trinajstić information content (AvgIpc) is 2.24. The van der Waals surface area contributed by atoms with Crippen LogP contribution in [0.15, 0.2) is 18.2 Å². The SMILES string of the molecule is COC(=O)c1cc(C(F)(F)F)ccc1[B-](F)(F)F.[K+]. The molecule has 0 fully saturated rings. The quantitative estimate of drug-likeness (QED) is 0.420. The minimum absolute atomic E-state index is 0. The number of carbonyl (C=O) groups is 1. The number of carbonyl (C=O) groups excluding carboxylic acids is 1. The van der Waals surface area contributed by atoms with E-state index in [4.69, 9.17) is 0 Å². The van der Waals surface area contributed by atoms with Gasteiger partial charge >= 0.3 is 70.5 Å². The molecule has 0 atom stereocenters. The Morgan fingerprint density at radius 3 is 2.11 bits per heavy atom. The van der Waals surface area contributed by atoms with Gasteiger partial charge in [-0.25, -0.2) is 4.79 Å². The summed E-state index contributed by atoms with van der Waals surface area (Å²) < 4.78 is 78.7. The summed E-state index contributed by atoms with van der Waals surface area (Å²) in [5.41, 5.74) is -3.89. The smallest absolute Gasteiger partial charge is 0.465 e. The number of alkyl halides is 3. The third kappa shape index (κ3) is 4.78. The number of hydrogen-bond donors (Lipinski definition) is 0. The van der Waals surface area contributed by atoms with E-state index < -0.39 is 35.7 Å². The molecular formula is C9H6BF6KO2. The Bertz CT molecular complexity index is 471. The Kier molecular flexibility index (Phi) is 6.61. The molecule has 100 valence electrons. The first-order valence-electron chi connectivity index (χ1n) is 4.56. The number of halogens is 6. The Hall–Kier alpha value is -0.0287. The molecule has 0 saturated heterocycles. The van der Waals surface area contributed by atoms with Crippen molar-refractivity contribution in [3.63, 3.8) is 0 Å². The van der Waals surface area contributed by atoms with Gasteiger partial charge in [0.05, 0.1) is 12.7 Å². The van der Waals surface area contributed by atoms with Crippen LogP contribution in [-0.2, 0) is 10.9 Å². The normalized spacial score (nSPS) is 11.7. The van der Waals surface area contributed by atoms with Crippen molar-refractivity contribution in [2.45, 2.75) is 6.18 Å². The standard InChI is InChI=1S/C9H6BF6O2.K/c1-18-8(17)6-4-5(9(11,12)13)2-3-7(6)10(14,15)16;/h2-4H,1H3;/q-1;+1. The van der Waals surface area contributed by atoms with Gasteiger partial charge in [-0.1, -0.05) is 17.6 Å². The third-order valence-electron chi connectivity index (χ3n) is 2.14. The van der Waals surface area contributed by atoms with Crippen LogP contribution < -0.4 is 56.8 Å². The van der Waals surface area contributed by atoms with Crippen LogP contribution in [0.2, 0.25) is 0 Å². The van der Waals surface area contributed by atoms with E-state index in [0.717, 1.165) is 7.11 Å². The molecule has 0 aliphatic carbocycles. The second kappa shape index (κ2) is 6.62. The van der Waals surface area contributed by atoms with E-state index in [0.29, 0.717) is 0 Å². The van der Waals surface area contributed by atoms with Crippen molar-refractivity contribution in [1.82, 2.24) is 0 Å². The van der Waals surface area contributed by atoms with Crippen LogP contribution in [0.25, 0.3) is 0 Å². The third-order valence-corrected chi connectivity index (χ3v) is 2.14. The zero-order valence-corrected chi connectivity index (χ0v) is 13.0. The molecule has 0 saturated carbocycles. The van der Waals surface area contributed by atoms with Gasteiger partial charge in [0, 0.05) is 5.56 Å². The van der Waals surface area contributed by atoms with E-state index >= 15 is 0 Å². The largest absolute Gasteiger partial charge is 1.00 e. The Labute approximate surface area is 147 Å². The molecule has 0 aliphatic rings. The fourth-order valence-electron chi connectivity index (χ4n) is 1.30. The number of methoxy groups -OCH3 is 1. The molecule has 1 rings (SSSR count). The Balaban J connectivity index is 0.00000324. The Morgan fingerprint density at radius 2 is 1.74 bits per heavy atom. The molecule has 0 radical (unpaired) electrons. The van der Waals surface area contributed by atoms with Gasteiger partial charge in [-0.3, -0.25) is 0 Å². The van der Waals surface area contributed by atoms with Gasteiger partial charge in [-0.15, -0.1) is 0 Å². The first-order chi connectivity index (χ1) is 8.07. The molecule has 0 spiro atoms. The molecule has 0 N–H and O–H groups in total. The van der Waals surface area contributed by atoms with E-state index in [-0.39, 0.29) is 69.6 Å².